The van der Waals surface area contributed by atoms with Gasteiger partial charge in [-0.3, -0.25) is 0 Å². The van der Waals surface area contributed by atoms with Crippen LogP contribution in [0.5, 0.6) is 0 Å². The molecule has 24 heavy (non-hydrogen) atoms. The van der Waals surface area contributed by atoms with Gasteiger partial charge in [-0.1, -0.05) is 54.6 Å². The van der Waals surface area contributed by atoms with E-state index in [2.05, 4.69) is 34.2 Å². The first kappa shape index (κ1) is 14.2. The van der Waals surface area contributed by atoms with Gasteiger partial charge in [0.05, 0.1) is 22.7 Å². The maximum absolute atomic E-state index is 9.29. The van der Waals surface area contributed by atoms with Crippen LogP contribution in [0.3, 0.4) is 0 Å². The summed E-state index contributed by atoms with van der Waals surface area (Å²) in [6.07, 6.45) is 0.777. The summed E-state index contributed by atoms with van der Waals surface area (Å²) in [5, 5.41) is 9.29. The van der Waals surface area contributed by atoms with Crippen LogP contribution < -0.4 is 0 Å². The highest BCUT2D eigenvalue weighted by Crippen LogP contribution is 2.26. The van der Waals surface area contributed by atoms with E-state index in [1.807, 2.05) is 54.6 Å². The van der Waals surface area contributed by atoms with E-state index in [1.165, 1.54) is 5.56 Å². The summed E-state index contributed by atoms with van der Waals surface area (Å²) in [7, 11) is 0. The van der Waals surface area contributed by atoms with Gasteiger partial charge in [-0.2, -0.15) is 5.26 Å². The third-order valence-corrected chi connectivity index (χ3v) is 4.10. The van der Waals surface area contributed by atoms with Crippen LogP contribution >= 0.6 is 0 Å². The molecule has 0 aliphatic carbocycles. The van der Waals surface area contributed by atoms with Crippen LogP contribution in [0.2, 0.25) is 0 Å². The molecule has 0 amide bonds. The van der Waals surface area contributed by atoms with Crippen molar-refractivity contribution in [1.82, 2.24) is 9.97 Å². The van der Waals surface area contributed by atoms with Crippen molar-refractivity contribution < 1.29 is 0 Å². The average Bonchev–Trinajstić information content (AvgIpc) is 3.03. The molecule has 4 rings (SSSR count). The second-order valence-electron chi connectivity index (χ2n) is 5.74. The summed E-state index contributed by atoms with van der Waals surface area (Å²) in [6.45, 7) is 0. The molecule has 1 aromatic heterocycles. The second-order valence-corrected chi connectivity index (χ2v) is 5.74. The van der Waals surface area contributed by atoms with E-state index in [9.17, 15) is 5.26 Å². The predicted octanol–water partition coefficient (Wildman–Crippen LogP) is 4.69. The average molecular weight is 309 g/mol. The largest absolute Gasteiger partial charge is 0.342 e. The zero-order valence-corrected chi connectivity index (χ0v) is 13.0. The van der Waals surface area contributed by atoms with Gasteiger partial charge in [-0.25, -0.2) is 4.98 Å². The Hall–Kier alpha value is -3.38. The van der Waals surface area contributed by atoms with Crippen molar-refractivity contribution in [2.75, 3.05) is 0 Å². The Kier molecular flexibility index (Phi) is 3.57. The number of hydrogen-bond donors (Lipinski definition) is 1. The number of rotatable bonds is 3. The lowest BCUT2D eigenvalue weighted by Crippen LogP contribution is -1.89. The zero-order chi connectivity index (χ0) is 16.4. The van der Waals surface area contributed by atoms with E-state index in [0.29, 0.717) is 5.56 Å². The van der Waals surface area contributed by atoms with Gasteiger partial charge in [-0.15, -0.1) is 0 Å². The normalized spacial score (nSPS) is 10.6. The number of imidazole rings is 1. The molecule has 0 unspecified atom stereocenters. The molecule has 1 N–H and O–H groups in total. The minimum atomic E-state index is 0.681. The van der Waals surface area contributed by atoms with Crippen LogP contribution in [0.4, 0.5) is 0 Å². The molecule has 0 radical (unpaired) electrons. The molecule has 0 aliphatic heterocycles. The molecule has 0 atom stereocenters. The fourth-order valence-electron chi connectivity index (χ4n) is 2.94. The lowest BCUT2D eigenvalue weighted by atomic mass is 10.0. The molecule has 4 aromatic rings. The van der Waals surface area contributed by atoms with Crippen LogP contribution in [0.25, 0.3) is 22.2 Å². The van der Waals surface area contributed by atoms with Gasteiger partial charge in [0.15, 0.2) is 0 Å². The van der Waals surface area contributed by atoms with E-state index >= 15 is 0 Å². The van der Waals surface area contributed by atoms with E-state index in [-0.39, 0.29) is 0 Å². The van der Waals surface area contributed by atoms with Gasteiger partial charge in [0.2, 0.25) is 0 Å². The Morgan fingerprint density at radius 1 is 0.917 bits per heavy atom. The minimum Gasteiger partial charge on any atom is -0.342 e. The predicted molar refractivity (Wildman–Crippen MR) is 95.5 cm³/mol. The van der Waals surface area contributed by atoms with E-state index in [0.717, 1.165) is 34.4 Å². The molecule has 3 nitrogen and oxygen atoms in total. The van der Waals surface area contributed by atoms with Crippen LogP contribution in [-0.4, -0.2) is 9.97 Å². The first-order chi connectivity index (χ1) is 11.8. The molecule has 1 heterocycles. The molecule has 0 saturated heterocycles. The second kappa shape index (κ2) is 6.02. The van der Waals surface area contributed by atoms with Crippen molar-refractivity contribution in [3.63, 3.8) is 0 Å². The fourth-order valence-corrected chi connectivity index (χ4v) is 2.94. The van der Waals surface area contributed by atoms with Gasteiger partial charge in [0.1, 0.15) is 5.82 Å². The molecular weight excluding hydrogens is 294 g/mol. The monoisotopic (exact) mass is 309 g/mol. The molecule has 0 bridgehead atoms. The van der Waals surface area contributed by atoms with Gasteiger partial charge >= 0.3 is 0 Å². The number of benzene rings is 3. The topological polar surface area (TPSA) is 52.5 Å². The van der Waals surface area contributed by atoms with Crippen molar-refractivity contribution in [2.24, 2.45) is 0 Å². The van der Waals surface area contributed by atoms with Crippen molar-refractivity contribution in [3.05, 3.63) is 89.7 Å². The summed E-state index contributed by atoms with van der Waals surface area (Å²) in [6, 6.07) is 26.3. The summed E-state index contributed by atoms with van der Waals surface area (Å²) in [5.74, 6) is 0.946. The maximum Gasteiger partial charge on any atom is 0.111 e. The molecule has 0 spiro atoms. The summed E-state index contributed by atoms with van der Waals surface area (Å²) in [4.78, 5) is 8.06. The van der Waals surface area contributed by atoms with Gasteiger partial charge in [-0.05, 0) is 34.9 Å². The van der Waals surface area contributed by atoms with Crippen molar-refractivity contribution in [2.45, 2.75) is 6.42 Å². The number of nitrogens with zero attached hydrogens (tertiary/aromatic N) is 2. The number of hydrogen-bond acceptors (Lipinski definition) is 2. The SMILES string of the molecule is N#Cc1ccccc1-c1ccc2nc(Cc3ccccc3)[nH]c2c1. The zero-order valence-electron chi connectivity index (χ0n) is 13.0. The highest BCUT2D eigenvalue weighted by atomic mass is 14.9. The number of aromatic nitrogens is 2. The maximum atomic E-state index is 9.29. The Labute approximate surface area is 140 Å². The Bertz CT molecular complexity index is 1040. The quantitative estimate of drug-likeness (QED) is 0.596. The third kappa shape index (κ3) is 2.66. The number of aromatic amines is 1. The number of H-pyrrole nitrogens is 1. The molecule has 114 valence electrons. The Morgan fingerprint density at radius 3 is 2.54 bits per heavy atom. The molecule has 0 saturated carbocycles. The Morgan fingerprint density at radius 2 is 1.71 bits per heavy atom. The lowest BCUT2D eigenvalue weighted by molar-refractivity contribution is 1.04. The molecule has 3 aromatic carbocycles. The van der Waals surface area contributed by atoms with Crippen LogP contribution in [0.15, 0.2) is 72.8 Å². The van der Waals surface area contributed by atoms with Crippen molar-refractivity contribution >= 4 is 11.0 Å². The lowest BCUT2D eigenvalue weighted by Gasteiger charge is -2.03. The minimum absolute atomic E-state index is 0.681. The summed E-state index contributed by atoms with van der Waals surface area (Å²) in [5.41, 5.74) is 5.81. The first-order valence-electron chi connectivity index (χ1n) is 7.85. The van der Waals surface area contributed by atoms with Crippen molar-refractivity contribution in [3.8, 4) is 17.2 Å². The molecule has 0 fully saturated rings. The van der Waals surface area contributed by atoms with Gasteiger partial charge in [0.25, 0.3) is 0 Å². The van der Waals surface area contributed by atoms with E-state index in [4.69, 9.17) is 0 Å². The highest BCUT2D eigenvalue weighted by Gasteiger charge is 2.08. The van der Waals surface area contributed by atoms with Gasteiger partial charge in [0, 0.05) is 6.42 Å². The van der Waals surface area contributed by atoms with Gasteiger partial charge < -0.3 is 4.98 Å². The number of fused-ring (bicyclic) bond motifs is 1. The van der Waals surface area contributed by atoms with Crippen LogP contribution in [0, 0.1) is 11.3 Å². The number of nitrogens with one attached hydrogen (secondary N) is 1. The molecule has 0 aliphatic rings. The number of nitriles is 1. The first-order valence-corrected chi connectivity index (χ1v) is 7.85. The molecule has 3 heteroatoms. The summed E-state index contributed by atoms with van der Waals surface area (Å²) >= 11 is 0. The molecular formula is C21H15N3. The van der Waals surface area contributed by atoms with Crippen LogP contribution in [-0.2, 0) is 6.42 Å². The summed E-state index contributed by atoms with van der Waals surface area (Å²) < 4.78 is 0. The van der Waals surface area contributed by atoms with E-state index in [1.54, 1.807) is 0 Å². The Balaban J connectivity index is 1.73. The standard InChI is InChI=1S/C21H15N3/c22-14-17-8-4-5-9-18(17)16-10-11-19-20(13-16)24-21(23-19)12-15-6-2-1-3-7-15/h1-11,13H,12H2,(H,23,24). The van der Waals surface area contributed by atoms with E-state index < -0.39 is 0 Å². The third-order valence-electron chi connectivity index (χ3n) is 4.10. The highest BCUT2D eigenvalue weighted by molar-refractivity contribution is 5.83. The fraction of sp³-hybridized carbons (Fsp3) is 0.0476. The van der Waals surface area contributed by atoms with Crippen molar-refractivity contribution in [1.29, 1.82) is 5.26 Å². The smallest absolute Gasteiger partial charge is 0.111 e. The van der Waals surface area contributed by atoms with Crippen LogP contribution in [0.1, 0.15) is 17.0 Å².